The average Bonchev–Trinajstić information content (AvgIpc) is 3.17. The Bertz CT molecular complexity index is 1030. The van der Waals surface area contributed by atoms with Crippen molar-refractivity contribution in [1.82, 2.24) is 0 Å². The lowest BCUT2D eigenvalue weighted by Crippen LogP contribution is -2.33. The van der Waals surface area contributed by atoms with Gasteiger partial charge in [-0.25, -0.2) is 0 Å². The van der Waals surface area contributed by atoms with E-state index in [1.165, 1.54) is 55.4 Å². The number of hydrogen-bond donors (Lipinski definition) is 0. The zero-order chi connectivity index (χ0) is 23.3. The van der Waals surface area contributed by atoms with Crippen molar-refractivity contribution >= 4 is 5.71 Å². The van der Waals surface area contributed by atoms with Gasteiger partial charge in [-0.15, -0.1) is 0 Å². The van der Waals surface area contributed by atoms with Crippen LogP contribution in [0, 0.1) is 29.1 Å². The third-order valence-electron chi connectivity index (χ3n) is 10.2. The van der Waals surface area contributed by atoms with E-state index >= 15 is 0 Å². The molecule has 1 heteroatoms. The molecule has 0 N–H and O–H groups in total. The molecule has 0 bridgehead atoms. The standard InChI is InChI=1S/C32H43N/c1-20(2)32(5,6)25-14-17-27-24(18-25)13-16-28-29(27)19-30-31(28)26(21(3)22(4)33-30)15-12-23-10-8-7-9-11-23/h7-11,13,20,25,28,30-31H,12,14-19H2,1-6H3. The Balaban J connectivity index is 1.40. The van der Waals surface area contributed by atoms with Crippen LogP contribution < -0.4 is 0 Å². The van der Waals surface area contributed by atoms with Crippen molar-refractivity contribution in [2.24, 2.45) is 34.1 Å². The number of dihydropyridines is 1. The molecule has 1 heterocycles. The fourth-order valence-corrected chi connectivity index (χ4v) is 7.25. The predicted octanol–water partition coefficient (Wildman–Crippen LogP) is 8.52. The summed E-state index contributed by atoms with van der Waals surface area (Å²) in [6.07, 6.45) is 11.4. The normalized spacial score (nSPS) is 29.5. The number of allylic oxidation sites excluding steroid dienone is 4. The molecule has 2 fully saturated rings. The van der Waals surface area contributed by atoms with E-state index in [-0.39, 0.29) is 0 Å². The molecule has 0 aromatic heterocycles. The maximum absolute atomic E-state index is 5.27. The minimum Gasteiger partial charge on any atom is -0.285 e. The SMILES string of the molecule is CC1=NC2CC3=C4CCC(C(C)(C)C(C)C)CC4=CCC3C2C(CCc2ccccc2)=C1C. The largest absolute Gasteiger partial charge is 0.285 e. The number of aryl methyl sites for hydroxylation is 1. The summed E-state index contributed by atoms with van der Waals surface area (Å²) in [5.41, 5.74) is 11.6. The second-order valence-electron chi connectivity index (χ2n) is 12.1. The van der Waals surface area contributed by atoms with Crippen LogP contribution in [-0.2, 0) is 6.42 Å². The molecule has 33 heavy (non-hydrogen) atoms. The van der Waals surface area contributed by atoms with Crippen molar-refractivity contribution in [3.8, 4) is 0 Å². The Hall–Kier alpha value is -1.89. The Morgan fingerprint density at radius 3 is 2.52 bits per heavy atom. The molecule has 0 amide bonds. The van der Waals surface area contributed by atoms with Gasteiger partial charge in [0.25, 0.3) is 0 Å². The lowest BCUT2D eigenvalue weighted by Gasteiger charge is -2.43. The van der Waals surface area contributed by atoms with E-state index in [0.717, 1.165) is 18.3 Å². The zero-order valence-corrected chi connectivity index (χ0v) is 21.7. The first-order valence-electron chi connectivity index (χ1n) is 13.5. The summed E-state index contributed by atoms with van der Waals surface area (Å²) >= 11 is 0. The van der Waals surface area contributed by atoms with E-state index in [1.807, 2.05) is 0 Å². The topological polar surface area (TPSA) is 12.4 Å². The summed E-state index contributed by atoms with van der Waals surface area (Å²) < 4.78 is 0. The Morgan fingerprint density at radius 2 is 1.79 bits per heavy atom. The predicted molar refractivity (Wildman–Crippen MR) is 142 cm³/mol. The van der Waals surface area contributed by atoms with Crippen molar-refractivity contribution in [3.05, 3.63) is 69.8 Å². The van der Waals surface area contributed by atoms with Gasteiger partial charge in [0, 0.05) is 11.6 Å². The van der Waals surface area contributed by atoms with Gasteiger partial charge >= 0.3 is 0 Å². The van der Waals surface area contributed by atoms with E-state index in [2.05, 4.69) is 78.0 Å². The van der Waals surface area contributed by atoms with Crippen LogP contribution >= 0.6 is 0 Å². The smallest absolute Gasteiger partial charge is 0.0611 e. The van der Waals surface area contributed by atoms with Gasteiger partial charge in [-0.2, -0.15) is 0 Å². The van der Waals surface area contributed by atoms with Crippen LogP contribution in [0.3, 0.4) is 0 Å². The minimum atomic E-state index is 0.420. The quantitative estimate of drug-likeness (QED) is 0.434. The molecule has 2 saturated carbocycles. The van der Waals surface area contributed by atoms with Gasteiger partial charge in [0.2, 0.25) is 0 Å². The van der Waals surface area contributed by atoms with Crippen LogP contribution in [0.2, 0.25) is 0 Å². The van der Waals surface area contributed by atoms with E-state index in [1.54, 1.807) is 22.3 Å². The number of rotatable bonds is 5. The zero-order valence-electron chi connectivity index (χ0n) is 21.7. The highest BCUT2D eigenvalue weighted by Gasteiger charge is 2.47. The minimum absolute atomic E-state index is 0.420. The van der Waals surface area contributed by atoms with Gasteiger partial charge in [-0.05, 0) is 104 Å². The molecule has 176 valence electrons. The second kappa shape index (κ2) is 8.71. The van der Waals surface area contributed by atoms with Crippen molar-refractivity contribution in [1.29, 1.82) is 0 Å². The van der Waals surface area contributed by atoms with Crippen LogP contribution in [0.5, 0.6) is 0 Å². The molecule has 0 radical (unpaired) electrons. The number of benzene rings is 1. The van der Waals surface area contributed by atoms with Gasteiger partial charge in [0.1, 0.15) is 0 Å². The van der Waals surface area contributed by atoms with Crippen LogP contribution in [0.25, 0.3) is 0 Å². The third-order valence-corrected chi connectivity index (χ3v) is 10.2. The lowest BCUT2D eigenvalue weighted by atomic mass is 9.62. The third kappa shape index (κ3) is 4.00. The molecule has 1 aromatic carbocycles. The maximum atomic E-state index is 5.27. The fourth-order valence-electron chi connectivity index (χ4n) is 7.25. The maximum Gasteiger partial charge on any atom is 0.0611 e. The first kappa shape index (κ1) is 22.9. The van der Waals surface area contributed by atoms with Gasteiger partial charge in [-0.3, -0.25) is 4.99 Å². The van der Waals surface area contributed by atoms with E-state index in [9.17, 15) is 0 Å². The monoisotopic (exact) mass is 441 g/mol. The number of aliphatic imine (C=N–C) groups is 1. The van der Waals surface area contributed by atoms with Crippen molar-refractivity contribution in [2.75, 3.05) is 0 Å². The summed E-state index contributed by atoms with van der Waals surface area (Å²) in [6, 6.07) is 11.5. The van der Waals surface area contributed by atoms with E-state index < -0.39 is 0 Å². The second-order valence-corrected chi connectivity index (χ2v) is 12.1. The first-order chi connectivity index (χ1) is 15.8. The fraction of sp³-hybridized carbons (Fsp3) is 0.594. The molecule has 1 aliphatic heterocycles. The first-order valence-corrected chi connectivity index (χ1v) is 13.5. The molecular formula is C32H43N. The molecule has 1 aromatic rings. The molecule has 4 atom stereocenters. The van der Waals surface area contributed by atoms with Crippen molar-refractivity contribution in [3.63, 3.8) is 0 Å². The highest BCUT2D eigenvalue weighted by Crippen LogP contribution is 2.56. The van der Waals surface area contributed by atoms with E-state index in [0.29, 0.717) is 23.3 Å². The Kier molecular flexibility index (Phi) is 6.04. The van der Waals surface area contributed by atoms with Crippen LogP contribution in [-0.4, -0.2) is 11.8 Å². The summed E-state index contributed by atoms with van der Waals surface area (Å²) in [5, 5.41) is 0. The average molecular weight is 442 g/mol. The molecule has 3 aliphatic carbocycles. The molecule has 0 spiro atoms. The molecular weight excluding hydrogens is 398 g/mol. The van der Waals surface area contributed by atoms with Crippen LogP contribution in [0.1, 0.15) is 85.6 Å². The highest BCUT2D eigenvalue weighted by atomic mass is 14.9. The van der Waals surface area contributed by atoms with Crippen molar-refractivity contribution in [2.45, 2.75) is 92.5 Å². The Labute approximate surface area is 202 Å². The van der Waals surface area contributed by atoms with E-state index in [4.69, 9.17) is 4.99 Å². The van der Waals surface area contributed by atoms with Crippen molar-refractivity contribution < 1.29 is 0 Å². The van der Waals surface area contributed by atoms with Crippen LogP contribution in [0.15, 0.2) is 69.3 Å². The summed E-state index contributed by atoms with van der Waals surface area (Å²) in [6.45, 7) is 14.4. The molecule has 4 aliphatic rings. The van der Waals surface area contributed by atoms with Gasteiger partial charge < -0.3 is 0 Å². The summed E-state index contributed by atoms with van der Waals surface area (Å²) in [7, 11) is 0. The molecule has 0 saturated heterocycles. The summed E-state index contributed by atoms with van der Waals surface area (Å²) in [5.74, 6) is 2.88. The molecule has 5 rings (SSSR count). The Morgan fingerprint density at radius 1 is 1.03 bits per heavy atom. The van der Waals surface area contributed by atoms with Gasteiger partial charge in [0.15, 0.2) is 0 Å². The van der Waals surface area contributed by atoms with Gasteiger partial charge in [-0.1, -0.05) is 75.2 Å². The highest BCUT2D eigenvalue weighted by molar-refractivity contribution is 5.99. The van der Waals surface area contributed by atoms with Gasteiger partial charge in [0.05, 0.1) is 6.04 Å². The molecule has 1 nitrogen and oxygen atoms in total. The number of fused-ring (bicyclic) bond motifs is 4. The number of hydrogen-bond acceptors (Lipinski definition) is 1. The lowest BCUT2D eigenvalue weighted by molar-refractivity contribution is 0.122. The molecule has 4 unspecified atom stereocenters. The van der Waals surface area contributed by atoms with Crippen LogP contribution in [0.4, 0.5) is 0 Å². The summed E-state index contributed by atoms with van der Waals surface area (Å²) in [4.78, 5) is 5.27. The number of nitrogens with zero attached hydrogens (tertiary/aromatic N) is 1.